The maximum absolute atomic E-state index is 13.1. The third-order valence-electron chi connectivity index (χ3n) is 5.30. The first-order chi connectivity index (χ1) is 15.5. The van der Waals surface area contributed by atoms with Crippen LogP contribution in [-0.2, 0) is 4.74 Å². The van der Waals surface area contributed by atoms with E-state index < -0.39 is 12.4 Å². The Labute approximate surface area is 182 Å². The molecule has 7 heteroatoms. The Morgan fingerprint density at radius 3 is 2.34 bits per heavy atom. The second-order valence-electron chi connectivity index (χ2n) is 7.31. The smallest absolute Gasteiger partial charge is 0.449 e. The van der Waals surface area contributed by atoms with Crippen molar-refractivity contribution in [1.29, 1.82) is 0 Å². The van der Waals surface area contributed by atoms with Gasteiger partial charge in [0, 0.05) is 17.5 Å². The molecule has 1 aliphatic heterocycles. The Morgan fingerprint density at radius 2 is 1.62 bits per heavy atom. The van der Waals surface area contributed by atoms with Crippen molar-refractivity contribution in [3.63, 3.8) is 0 Å². The van der Waals surface area contributed by atoms with E-state index in [1.54, 1.807) is 0 Å². The molecule has 0 spiro atoms. The molecule has 0 atom stereocenters. The molecule has 0 unspecified atom stereocenters. The molecule has 2 aliphatic rings. The van der Waals surface area contributed by atoms with Crippen LogP contribution in [-0.4, -0.2) is 25.5 Å². The number of fused-ring (bicyclic) bond motifs is 4. The third-order valence-corrected chi connectivity index (χ3v) is 5.30. The lowest BCUT2D eigenvalue weighted by Gasteiger charge is -2.14. The SMILES string of the molecule is O=C(NCC#Cc1ccc2c(c1)OC(F)(F)O2)OCC1c2ccccc2-c2ccccc21. The van der Waals surface area contributed by atoms with Crippen molar-refractivity contribution in [2.75, 3.05) is 13.2 Å². The van der Waals surface area contributed by atoms with Crippen LogP contribution in [0, 0.1) is 11.8 Å². The molecule has 1 aliphatic carbocycles. The molecule has 0 radical (unpaired) electrons. The van der Waals surface area contributed by atoms with Gasteiger partial charge in [-0.05, 0) is 34.4 Å². The fourth-order valence-electron chi connectivity index (χ4n) is 3.94. The average molecular weight is 433 g/mol. The van der Waals surface area contributed by atoms with E-state index in [0.29, 0.717) is 5.56 Å². The number of amides is 1. The number of rotatable bonds is 3. The average Bonchev–Trinajstić information content (AvgIpc) is 3.27. The van der Waals surface area contributed by atoms with E-state index in [-0.39, 0.29) is 30.6 Å². The van der Waals surface area contributed by atoms with E-state index in [0.717, 1.165) is 22.3 Å². The van der Waals surface area contributed by atoms with Crippen molar-refractivity contribution in [2.45, 2.75) is 12.2 Å². The topological polar surface area (TPSA) is 56.8 Å². The minimum atomic E-state index is -3.67. The van der Waals surface area contributed by atoms with Gasteiger partial charge in [0.15, 0.2) is 11.5 Å². The largest absolute Gasteiger partial charge is 0.586 e. The van der Waals surface area contributed by atoms with Gasteiger partial charge in [0.05, 0.1) is 6.54 Å². The van der Waals surface area contributed by atoms with Crippen LogP contribution in [0.1, 0.15) is 22.6 Å². The minimum absolute atomic E-state index is 0.0222. The van der Waals surface area contributed by atoms with Gasteiger partial charge in [0.25, 0.3) is 0 Å². The Morgan fingerprint density at radius 1 is 0.969 bits per heavy atom. The van der Waals surface area contributed by atoms with E-state index in [1.165, 1.54) is 18.2 Å². The number of nitrogens with one attached hydrogen (secondary N) is 1. The van der Waals surface area contributed by atoms with Gasteiger partial charge < -0.3 is 19.5 Å². The second kappa shape index (κ2) is 7.89. The molecule has 1 amide bonds. The molecule has 0 fully saturated rings. The highest BCUT2D eigenvalue weighted by molar-refractivity contribution is 5.79. The molecule has 1 N–H and O–H groups in total. The Hall–Kier alpha value is -4.05. The van der Waals surface area contributed by atoms with Gasteiger partial charge in [-0.2, -0.15) is 0 Å². The van der Waals surface area contributed by atoms with Crippen LogP contribution in [0.15, 0.2) is 66.7 Å². The Bertz CT molecular complexity index is 1220. The molecule has 160 valence electrons. The van der Waals surface area contributed by atoms with Gasteiger partial charge in [0.1, 0.15) is 6.61 Å². The summed E-state index contributed by atoms with van der Waals surface area (Å²) in [4.78, 5) is 12.1. The first-order valence-electron chi connectivity index (χ1n) is 9.98. The van der Waals surface area contributed by atoms with Crippen molar-refractivity contribution >= 4 is 6.09 Å². The zero-order chi connectivity index (χ0) is 22.1. The summed E-state index contributed by atoms with van der Waals surface area (Å²) in [5.74, 6) is 5.39. The number of hydrogen-bond acceptors (Lipinski definition) is 4. The van der Waals surface area contributed by atoms with Gasteiger partial charge >= 0.3 is 12.4 Å². The van der Waals surface area contributed by atoms with E-state index in [4.69, 9.17) is 4.74 Å². The number of carbonyl (C=O) groups is 1. The number of hydrogen-bond donors (Lipinski definition) is 1. The number of alkyl halides is 2. The first-order valence-corrected chi connectivity index (χ1v) is 9.98. The predicted octanol–water partition coefficient (Wildman–Crippen LogP) is 4.90. The number of alkyl carbamates (subject to hydrolysis) is 1. The highest BCUT2D eigenvalue weighted by atomic mass is 19.3. The van der Waals surface area contributed by atoms with Crippen LogP contribution in [0.4, 0.5) is 13.6 Å². The summed E-state index contributed by atoms with van der Waals surface area (Å²) in [6.07, 6.45) is -4.24. The second-order valence-corrected chi connectivity index (χ2v) is 7.31. The van der Waals surface area contributed by atoms with Crippen molar-refractivity contribution in [1.82, 2.24) is 5.32 Å². The lowest BCUT2D eigenvalue weighted by Crippen LogP contribution is -2.26. The minimum Gasteiger partial charge on any atom is -0.449 e. The molecule has 0 saturated heterocycles. The molecule has 5 rings (SSSR count). The van der Waals surface area contributed by atoms with Crippen LogP contribution in [0.2, 0.25) is 0 Å². The number of ether oxygens (including phenoxy) is 3. The van der Waals surface area contributed by atoms with Crippen molar-refractivity contribution in [3.8, 4) is 34.5 Å². The summed E-state index contributed by atoms with van der Waals surface area (Å²) in [7, 11) is 0. The lowest BCUT2D eigenvalue weighted by molar-refractivity contribution is -0.286. The quantitative estimate of drug-likeness (QED) is 0.597. The Kier molecular flexibility index (Phi) is 4.91. The maximum Gasteiger partial charge on any atom is 0.586 e. The maximum atomic E-state index is 13.1. The number of halogens is 2. The summed E-state index contributed by atoms with van der Waals surface area (Å²) >= 11 is 0. The molecule has 3 aromatic carbocycles. The molecule has 3 aromatic rings. The third kappa shape index (κ3) is 3.83. The number of benzene rings is 3. The van der Waals surface area contributed by atoms with Gasteiger partial charge in [-0.15, -0.1) is 8.78 Å². The molecule has 32 heavy (non-hydrogen) atoms. The predicted molar refractivity (Wildman–Crippen MR) is 113 cm³/mol. The van der Waals surface area contributed by atoms with E-state index in [2.05, 4.69) is 38.8 Å². The monoisotopic (exact) mass is 433 g/mol. The van der Waals surface area contributed by atoms with Crippen molar-refractivity contribution in [2.24, 2.45) is 0 Å². The summed E-state index contributed by atoms with van der Waals surface area (Å²) < 4.78 is 40.3. The number of carbonyl (C=O) groups excluding carboxylic acids is 1. The zero-order valence-electron chi connectivity index (χ0n) is 16.7. The molecule has 1 heterocycles. The lowest BCUT2D eigenvalue weighted by atomic mass is 9.98. The van der Waals surface area contributed by atoms with Crippen LogP contribution < -0.4 is 14.8 Å². The van der Waals surface area contributed by atoms with Crippen molar-refractivity contribution in [3.05, 3.63) is 83.4 Å². The standard InChI is InChI=1S/C25H17F2NO4/c26-25(27)31-22-12-11-16(14-23(22)32-25)6-5-13-28-24(29)30-15-21-19-9-3-1-7-17(19)18-8-2-4-10-20(18)21/h1-4,7-12,14,21H,13,15H2,(H,28,29). The molecular weight excluding hydrogens is 416 g/mol. The van der Waals surface area contributed by atoms with E-state index >= 15 is 0 Å². The molecule has 0 aromatic heterocycles. The zero-order valence-corrected chi connectivity index (χ0v) is 16.7. The van der Waals surface area contributed by atoms with Gasteiger partial charge in [-0.3, -0.25) is 0 Å². The highest BCUT2D eigenvalue weighted by Gasteiger charge is 2.43. The van der Waals surface area contributed by atoms with Gasteiger partial charge in [0.2, 0.25) is 0 Å². The summed E-state index contributed by atoms with van der Waals surface area (Å²) in [5.41, 5.74) is 5.04. The molecule has 0 bridgehead atoms. The Balaban J connectivity index is 1.17. The van der Waals surface area contributed by atoms with E-state index in [9.17, 15) is 13.6 Å². The van der Waals surface area contributed by atoms with Gasteiger partial charge in [-0.25, -0.2) is 4.79 Å². The van der Waals surface area contributed by atoms with Crippen LogP contribution in [0.3, 0.4) is 0 Å². The fourth-order valence-corrected chi connectivity index (χ4v) is 3.94. The summed E-state index contributed by atoms with van der Waals surface area (Å²) in [5, 5.41) is 2.58. The van der Waals surface area contributed by atoms with Crippen LogP contribution >= 0.6 is 0 Å². The molecule has 5 nitrogen and oxygen atoms in total. The van der Waals surface area contributed by atoms with Gasteiger partial charge in [-0.1, -0.05) is 60.4 Å². The van der Waals surface area contributed by atoms with Crippen LogP contribution in [0.5, 0.6) is 11.5 Å². The normalized spacial score (nSPS) is 14.7. The van der Waals surface area contributed by atoms with Crippen molar-refractivity contribution < 1.29 is 27.8 Å². The van der Waals surface area contributed by atoms with Crippen LogP contribution in [0.25, 0.3) is 11.1 Å². The molecule has 0 saturated carbocycles. The first kappa shape index (κ1) is 19.9. The summed E-state index contributed by atoms with van der Waals surface area (Å²) in [6.45, 7) is 0.255. The highest BCUT2D eigenvalue weighted by Crippen LogP contribution is 2.44. The van der Waals surface area contributed by atoms with E-state index in [1.807, 2.05) is 36.4 Å². The summed E-state index contributed by atoms with van der Waals surface area (Å²) in [6, 6.07) is 20.4. The fraction of sp³-hybridized carbons (Fsp3) is 0.160. The molecular formula is C25H17F2NO4.